The van der Waals surface area contributed by atoms with Crippen molar-refractivity contribution >= 4 is 40.4 Å². The number of hydrogen-bond acceptors (Lipinski definition) is 7. The second-order valence-corrected chi connectivity index (χ2v) is 6.06. The maximum Gasteiger partial charge on any atom is 0.349 e. The molecule has 0 fully saturated rings. The van der Waals surface area contributed by atoms with Crippen molar-refractivity contribution in [3.8, 4) is 5.75 Å². The van der Waals surface area contributed by atoms with Crippen molar-refractivity contribution in [2.75, 3.05) is 6.61 Å². The highest BCUT2D eigenvalue weighted by molar-refractivity contribution is 6.31. The van der Waals surface area contributed by atoms with E-state index in [1.807, 2.05) is 0 Å². The van der Waals surface area contributed by atoms with Gasteiger partial charge in [-0.25, -0.2) is 9.59 Å². The second-order valence-electron chi connectivity index (χ2n) is 5.62. The number of fused-ring (bicyclic) bond motifs is 1. The fraction of sp³-hybridized carbons (Fsp3) is 0.0588. The van der Waals surface area contributed by atoms with E-state index in [0.29, 0.717) is 10.2 Å². The number of hydrogen-bond donors (Lipinski definition) is 2. The number of carboxylic acids is 1. The van der Waals surface area contributed by atoms with Crippen molar-refractivity contribution in [2.24, 2.45) is 5.10 Å². The number of carboxylic acid groups (broad SMARTS) is 1. The first-order chi connectivity index (χ1) is 13.8. The van der Waals surface area contributed by atoms with Crippen LogP contribution in [0.5, 0.6) is 5.75 Å². The van der Waals surface area contributed by atoms with Gasteiger partial charge in [-0.15, -0.1) is 4.68 Å². The van der Waals surface area contributed by atoms with Gasteiger partial charge in [0.15, 0.2) is 6.61 Å². The summed E-state index contributed by atoms with van der Waals surface area (Å²) >= 11 is 5.88. The number of ether oxygens (including phenoxy) is 1. The minimum absolute atomic E-state index is 0.0550. The number of halogens is 1. The topological polar surface area (TPSA) is 157 Å². The van der Waals surface area contributed by atoms with E-state index < -0.39 is 40.2 Å². The normalized spacial score (nSPS) is 11.1. The van der Waals surface area contributed by atoms with Gasteiger partial charge in [0.05, 0.1) is 22.0 Å². The molecule has 0 bridgehead atoms. The van der Waals surface area contributed by atoms with Crippen LogP contribution < -0.4 is 16.0 Å². The molecule has 0 radical (unpaired) electrons. The number of aromatic nitrogens is 2. The van der Waals surface area contributed by atoms with E-state index in [4.69, 9.17) is 21.4 Å². The highest BCUT2D eigenvalue weighted by atomic mass is 35.5. The first-order valence-electron chi connectivity index (χ1n) is 7.89. The molecule has 2 N–H and O–H groups in total. The second kappa shape index (κ2) is 7.94. The lowest BCUT2D eigenvalue weighted by Gasteiger charge is -2.08. The van der Waals surface area contributed by atoms with Crippen LogP contribution in [0, 0.1) is 10.1 Å². The molecule has 12 heteroatoms. The Morgan fingerprint density at radius 1 is 1.34 bits per heavy atom. The number of nitro groups is 1. The molecular weight excluding hydrogens is 408 g/mol. The zero-order valence-electron chi connectivity index (χ0n) is 14.4. The largest absolute Gasteiger partial charge is 0.479 e. The summed E-state index contributed by atoms with van der Waals surface area (Å²) in [7, 11) is 0. The fourth-order valence-electron chi connectivity index (χ4n) is 2.50. The monoisotopic (exact) mass is 418 g/mol. The van der Waals surface area contributed by atoms with E-state index in [2.05, 4.69) is 10.1 Å². The number of carbonyl (C=O) groups is 1. The molecule has 0 unspecified atom stereocenters. The van der Waals surface area contributed by atoms with Crippen molar-refractivity contribution < 1.29 is 19.6 Å². The van der Waals surface area contributed by atoms with Crippen molar-refractivity contribution in [3.05, 3.63) is 77.9 Å². The Balaban J connectivity index is 2.15. The molecule has 29 heavy (non-hydrogen) atoms. The number of nitro benzene ring substituents is 1. The number of aromatic amines is 1. The number of nitrogens with one attached hydrogen (secondary N) is 1. The molecule has 11 nitrogen and oxygen atoms in total. The maximum absolute atomic E-state index is 12.5. The summed E-state index contributed by atoms with van der Waals surface area (Å²) in [5, 5.41) is 24.0. The van der Waals surface area contributed by atoms with Crippen LogP contribution in [0.15, 0.2) is 51.1 Å². The van der Waals surface area contributed by atoms with Crippen LogP contribution in [0.25, 0.3) is 10.9 Å². The number of nitrogens with zero attached hydrogens (tertiary/aromatic N) is 3. The van der Waals surface area contributed by atoms with Crippen LogP contribution >= 0.6 is 11.6 Å². The standard InChI is InChI=1S/C17H11ClN4O7/c18-10-5-9(15(29-8-14(23)24)13(6-10)22(27)28)7-19-21-16(25)11-3-1-2-4-12(11)20-17(21)26/h1-7H,8H2,(H,20,26)(H,23,24). The van der Waals surface area contributed by atoms with Crippen LogP contribution in [0.4, 0.5) is 5.69 Å². The molecule has 3 aromatic rings. The third-order valence-corrected chi connectivity index (χ3v) is 3.91. The molecule has 0 saturated heterocycles. The Kier molecular flexibility index (Phi) is 5.41. The number of aliphatic carboxylic acids is 1. The van der Waals surface area contributed by atoms with Crippen molar-refractivity contribution in [2.45, 2.75) is 0 Å². The number of para-hydroxylation sites is 1. The highest BCUT2D eigenvalue weighted by Gasteiger charge is 2.21. The molecule has 2 aromatic carbocycles. The van der Waals surface area contributed by atoms with E-state index in [0.717, 1.165) is 12.3 Å². The molecule has 0 aliphatic rings. The summed E-state index contributed by atoms with van der Waals surface area (Å²) in [6.45, 7) is -0.861. The third kappa shape index (κ3) is 4.14. The number of rotatable bonds is 6. The van der Waals surface area contributed by atoms with E-state index in [9.17, 15) is 24.5 Å². The van der Waals surface area contributed by atoms with E-state index in [1.54, 1.807) is 18.2 Å². The molecule has 1 heterocycles. The van der Waals surface area contributed by atoms with Crippen LogP contribution in [-0.4, -0.2) is 38.5 Å². The fourth-order valence-corrected chi connectivity index (χ4v) is 2.72. The molecular formula is C17H11ClN4O7. The van der Waals surface area contributed by atoms with Crippen molar-refractivity contribution in [3.63, 3.8) is 0 Å². The average molecular weight is 419 g/mol. The SMILES string of the molecule is O=C(O)COc1c(C=Nn2c(=O)[nH]c3ccccc3c2=O)cc(Cl)cc1[N+](=O)[O-]. The van der Waals surface area contributed by atoms with Gasteiger partial charge >= 0.3 is 17.3 Å². The zero-order valence-corrected chi connectivity index (χ0v) is 15.1. The lowest BCUT2D eigenvalue weighted by molar-refractivity contribution is -0.385. The van der Waals surface area contributed by atoms with Gasteiger partial charge < -0.3 is 14.8 Å². The summed E-state index contributed by atoms with van der Waals surface area (Å²) in [5.41, 5.74) is -1.93. The quantitative estimate of drug-likeness (QED) is 0.349. The molecule has 1 aromatic heterocycles. The van der Waals surface area contributed by atoms with Crippen LogP contribution in [0.1, 0.15) is 5.56 Å². The van der Waals surface area contributed by atoms with Gasteiger partial charge in [0, 0.05) is 16.7 Å². The van der Waals surface area contributed by atoms with Gasteiger partial charge in [-0.2, -0.15) is 5.10 Å². The minimum Gasteiger partial charge on any atom is -0.479 e. The summed E-state index contributed by atoms with van der Waals surface area (Å²) in [6.07, 6.45) is 0.946. The van der Waals surface area contributed by atoms with Crippen LogP contribution in [0.3, 0.4) is 0 Å². The third-order valence-electron chi connectivity index (χ3n) is 3.70. The minimum atomic E-state index is -1.36. The Morgan fingerprint density at radius 2 is 2.07 bits per heavy atom. The zero-order chi connectivity index (χ0) is 21.1. The van der Waals surface area contributed by atoms with Gasteiger partial charge in [-0.1, -0.05) is 23.7 Å². The van der Waals surface area contributed by atoms with Gasteiger partial charge in [0.2, 0.25) is 5.75 Å². The molecule has 0 saturated carbocycles. The molecule has 3 rings (SSSR count). The molecule has 0 aliphatic heterocycles. The summed E-state index contributed by atoms with van der Waals surface area (Å²) in [5.74, 6) is -1.78. The predicted octanol–water partition coefficient (Wildman–Crippen LogP) is 1.60. The Morgan fingerprint density at radius 3 is 2.76 bits per heavy atom. The summed E-state index contributed by atoms with van der Waals surface area (Å²) < 4.78 is 5.52. The van der Waals surface area contributed by atoms with Gasteiger partial charge in [-0.3, -0.25) is 14.9 Å². The maximum atomic E-state index is 12.5. The Bertz CT molecular complexity index is 1280. The van der Waals surface area contributed by atoms with Crippen LogP contribution in [-0.2, 0) is 4.79 Å². The molecule has 148 valence electrons. The summed E-state index contributed by atoms with van der Waals surface area (Å²) in [4.78, 5) is 48.4. The Labute approximate surface area is 165 Å². The van der Waals surface area contributed by atoms with Crippen molar-refractivity contribution in [1.82, 2.24) is 9.66 Å². The predicted molar refractivity (Wildman–Crippen MR) is 103 cm³/mol. The van der Waals surface area contributed by atoms with Crippen LogP contribution in [0.2, 0.25) is 5.02 Å². The van der Waals surface area contributed by atoms with Gasteiger partial charge in [0.1, 0.15) is 0 Å². The Hall–Kier alpha value is -3.99. The van der Waals surface area contributed by atoms with E-state index in [-0.39, 0.29) is 16.0 Å². The van der Waals surface area contributed by atoms with Crippen molar-refractivity contribution in [1.29, 1.82) is 0 Å². The number of benzene rings is 2. The highest BCUT2D eigenvalue weighted by Crippen LogP contribution is 2.33. The molecule has 0 spiro atoms. The molecule has 0 amide bonds. The first kappa shape index (κ1) is 19.8. The first-order valence-corrected chi connectivity index (χ1v) is 8.26. The lowest BCUT2D eigenvalue weighted by atomic mass is 10.2. The lowest BCUT2D eigenvalue weighted by Crippen LogP contribution is -2.32. The molecule has 0 aliphatic carbocycles. The smallest absolute Gasteiger partial charge is 0.349 e. The average Bonchev–Trinajstić information content (AvgIpc) is 2.66. The van der Waals surface area contributed by atoms with Gasteiger partial charge in [-0.05, 0) is 18.2 Å². The molecule has 0 atom stereocenters. The van der Waals surface area contributed by atoms with Gasteiger partial charge in [0.25, 0.3) is 5.56 Å². The summed E-state index contributed by atoms with van der Waals surface area (Å²) in [6, 6.07) is 8.48. The number of H-pyrrole nitrogens is 1. The van der Waals surface area contributed by atoms with E-state index >= 15 is 0 Å². The van der Waals surface area contributed by atoms with E-state index in [1.165, 1.54) is 12.1 Å².